The molecule has 3 aliphatic rings. The zero-order valence-electron chi connectivity index (χ0n) is 36.7. The van der Waals surface area contributed by atoms with Crippen LogP contribution < -0.4 is 10.6 Å². The van der Waals surface area contributed by atoms with Crippen LogP contribution in [0.5, 0.6) is 0 Å². The molecule has 0 aliphatic carbocycles. The molecule has 0 radical (unpaired) electrons. The molecule has 4 heterocycles. The van der Waals surface area contributed by atoms with Gasteiger partial charge in [0, 0.05) is 43.6 Å². The molecule has 14 heteroatoms. The molecule has 330 valence electrons. The van der Waals surface area contributed by atoms with Crippen LogP contribution in [0.4, 0.5) is 15.3 Å². The standard InChI is InChI=1S/C50H53N7O7/c1-28(2)43(54-49(60)63-4)47(58)56-21-9-12-41(56)46-52-39-20-16-34-24-32(14-18-36(34)45(39)53-46)31-13-17-35-33(23-31)15-19-38-37(35)25-40(51-38)42-22-29(27-62-3)26-57(42)48(59)44(55-50(61)64-5)30-10-7-6-8-11-30/h6-8,10-11,13-20,23-24,28-29,41-44H,9,12,21-22,25-27H2,1-5H3,(H,52,53)(H,54,60)(H,55,61)/t29-,41-,42-,43-,44+/m0/s1. The molecule has 0 saturated carbocycles. The van der Waals surface area contributed by atoms with Crippen molar-refractivity contribution in [1.82, 2.24) is 30.4 Å². The van der Waals surface area contributed by atoms with Gasteiger partial charge >= 0.3 is 12.2 Å². The highest BCUT2D eigenvalue weighted by molar-refractivity contribution is 6.08. The topological polar surface area (TPSA) is 168 Å². The molecule has 1 aromatic heterocycles. The predicted octanol–water partition coefficient (Wildman–Crippen LogP) is 8.17. The molecule has 6 aromatic rings. The molecule has 5 aromatic carbocycles. The van der Waals surface area contributed by atoms with Crippen LogP contribution in [0.1, 0.15) is 62.1 Å². The van der Waals surface area contributed by atoms with E-state index in [1.54, 1.807) is 7.11 Å². The van der Waals surface area contributed by atoms with E-state index in [1.165, 1.54) is 14.2 Å². The highest BCUT2D eigenvalue weighted by Gasteiger charge is 2.43. The van der Waals surface area contributed by atoms with Gasteiger partial charge in [-0.05, 0) is 87.9 Å². The number of benzene rings is 5. The molecule has 2 saturated heterocycles. The Morgan fingerprint density at radius 1 is 0.797 bits per heavy atom. The lowest BCUT2D eigenvalue weighted by atomic mass is 9.94. The summed E-state index contributed by atoms with van der Waals surface area (Å²) in [5.41, 5.74) is 7.54. The number of methoxy groups -OCH3 is 3. The number of aromatic nitrogens is 2. The Hall–Kier alpha value is -6.80. The number of ether oxygens (including phenoxy) is 3. The highest BCUT2D eigenvalue weighted by atomic mass is 16.5. The van der Waals surface area contributed by atoms with Crippen LogP contribution in [0.3, 0.4) is 0 Å². The van der Waals surface area contributed by atoms with E-state index in [-0.39, 0.29) is 35.7 Å². The molecular formula is C50H53N7O7. The minimum Gasteiger partial charge on any atom is -0.453 e. The monoisotopic (exact) mass is 863 g/mol. The maximum atomic E-state index is 14.4. The second-order valence-corrected chi connectivity index (χ2v) is 17.4. The van der Waals surface area contributed by atoms with E-state index in [4.69, 9.17) is 24.2 Å². The number of carbonyl (C=O) groups is 4. The van der Waals surface area contributed by atoms with Gasteiger partial charge in [0.2, 0.25) is 11.8 Å². The zero-order valence-corrected chi connectivity index (χ0v) is 36.7. The molecular weight excluding hydrogens is 811 g/mol. The van der Waals surface area contributed by atoms with E-state index in [2.05, 4.69) is 70.2 Å². The van der Waals surface area contributed by atoms with Crippen molar-refractivity contribution in [3.05, 3.63) is 108 Å². The molecule has 3 N–H and O–H groups in total. The van der Waals surface area contributed by atoms with E-state index in [0.717, 1.165) is 79.3 Å². The number of hydrogen-bond acceptors (Lipinski definition) is 9. The van der Waals surface area contributed by atoms with Crippen molar-refractivity contribution >= 4 is 68.0 Å². The van der Waals surface area contributed by atoms with E-state index >= 15 is 0 Å². The van der Waals surface area contributed by atoms with Crippen LogP contribution in [0.25, 0.3) is 43.7 Å². The van der Waals surface area contributed by atoms with Crippen LogP contribution in [0.2, 0.25) is 0 Å². The Kier molecular flexibility index (Phi) is 11.8. The number of amides is 4. The highest BCUT2D eigenvalue weighted by Crippen LogP contribution is 2.40. The predicted molar refractivity (Wildman–Crippen MR) is 245 cm³/mol. The average molecular weight is 864 g/mol. The Balaban J connectivity index is 0.955. The van der Waals surface area contributed by atoms with Crippen molar-refractivity contribution in [2.75, 3.05) is 41.0 Å². The Morgan fingerprint density at radius 2 is 1.50 bits per heavy atom. The largest absolute Gasteiger partial charge is 0.453 e. The van der Waals surface area contributed by atoms with E-state index < -0.39 is 24.3 Å². The summed E-state index contributed by atoms with van der Waals surface area (Å²) in [6.07, 6.45) is 1.62. The van der Waals surface area contributed by atoms with Crippen molar-refractivity contribution in [2.45, 2.75) is 63.7 Å². The number of aromatic amines is 1. The molecule has 5 atom stereocenters. The quantitative estimate of drug-likeness (QED) is 0.117. The molecule has 0 unspecified atom stereocenters. The van der Waals surface area contributed by atoms with Gasteiger partial charge in [-0.1, -0.05) is 80.6 Å². The number of likely N-dealkylation sites (tertiary alicyclic amines) is 2. The van der Waals surface area contributed by atoms with Crippen molar-refractivity contribution in [1.29, 1.82) is 0 Å². The summed E-state index contributed by atoms with van der Waals surface area (Å²) in [5.74, 6) is 0.379. The van der Waals surface area contributed by atoms with Gasteiger partial charge in [-0.15, -0.1) is 0 Å². The molecule has 0 bridgehead atoms. The lowest BCUT2D eigenvalue weighted by Gasteiger charge is -2.29. The van der Waals surface area contributed by atoms with Gasteiger partial charge in [-0.2, -0.15) is 0 Å². The number of nitrogens with one attached hydrogen (secondary N) is 3. The number of nitrogens with zero attached hydrogens (tertiary/aromatic N) is 4. The average Bonchev–Trinajstić information content (AvgIpc) is 4.15. The first-order valence-electron chi connectivity index (χ1n) is 21.9. The van der Waals surface area contributed by atoms with Gasteiger partial charge in [0.15, 0.2) is 0 Å². The van der Waals surface area contributed by atoms with Gasteiger partial charge in [0.25, 0.3) is 0 Å². The number of imidazole rings is 1. The number of alkyl carbamates (subject to hydrolysis) is 2. The molecule has 9 rings (SSSR count). The maximum Gasteiger partial charge on any atom is 0.407 e. The molecule has 14 nitrogen and oxygen atoms in total. The smallest absolute Gasteiger partial charge is 0.407 e. The van der Waals surface area contributed by atoms with E-state index in [1.807, 2.05) is 60.0 Å². The fourth-order valence-electron chi connectivity index (χ4n) is 9.89. The van der Waals surface area contributed by atoms with Gasteiger partial charge in [0.1, 0.15) is 17.9 Å². The van der Waals surface area contributed by atoms with Crippen LogP contribution in [-0.4, -0.2) is 103 Å². The Labute approximate surface area is 371 Å². The molecule has 64 heavy (non-hydrogen) atoms. The summed E-state index contributed by atoms with van der Waals surface area (Å²) in [4.78, 5) is 70.2. The summed E-state index contributed by atoms with van der Waals surface area (Å²) in [6.45, 7) is 5.40. The van der Waals surface area contributed by atoms with Crippen molar-refractivity contribution in [3.8, 4) is 11.1 Å². The normalized spacial score (nSPS) is 19.2. The van der Waals surface area contributed by atoms with Gasteiger partial charge < -0.3 is 39.6 Å². The van der Waals surface area contributed by atoms with Crippen molar-refractivity contribution < 1.29 is 33.4 Å². The maximum absolute atomic E-state index is 14.4. The number of fused-ring (bicyclic) bond motifs is 6. The van der Waals surface area contributed by atoms with Crippen LogP contribution in [0, 0.1) is 11.8 Å². The number of H-pyrrole nitrogens is 1. The Morgan fingerprint density at radius 3 is 2.22 bits per heavy atom. The fourth-order valence-corrected chi connectivity index (χ4v) is 9.89. The van der Waals surface area contributed by atoms with Crippen molar-refractivity contribution in [3.63, 3.8) is 0 Å². The first kappa shape index (κ1) is 42.5. The third-order valence-electron chi connectivity index (χ3n) is 13.1. The fraction of sp³-hybridized carbons (Fsp3) is 0.360. The summed E-state index contributed by atoms with van der Waals surface area (Å²) in [6, 6.07) is 28.4. The van der Waals surface area contributed by atoms with Gasteiger partial charge in [-0.25, -0.2) is 14.6 Å². The number of carbonyl (C=O) groups excluding carboxylic acids is 4. The number of rotatable bonds is 11. The minimum atomic E-state index is -0.916. The SMILES string of the molecule is COC[C@H]1C[C@@H](C2=Nc3ccc4cc(-c5ccc6c(ccc7[nH]c([C@@H]8CCCN8C(=O)[C@@H](NC(=O)OC)C(C)C)nc76)c5)ccc4c3C2)N(C(=O)[C@H](NC(=O)OC)c2ccccc2)C1. The van der Waals surface area contributed by atoms with Gasteiger partial charge in [0.05, 0.1) is 49.6 Å². The number of hydrogen-bond donors (Lipinski definition) is 3. The lowest BCUT2D eigenvalue weighted by molar-refractivity contribution is -0.135. The third kappa shape index (κ3) is 8.02. The molecule has 2 fully saturated rings. The summed E-state index contributed by atoms with van der Waals surface area (Å²) in [7, 11) is 4.26. The minimum absolute atomic E-state index is 0.113. The van der Waals surface area contributed by atoms with Crippen LogP contribution in [-0.2, 0) is 30.2 Å². The second-order valence-electron chi connectivity index (χ2n) is 17.4. The molecule has 0 spiro atoms. The van der Waals surface area contributed by atoms with Crippen LogP contribution in [0.15, 0.2) is 96.0 Å². The van der Waals surface area contributed by atoms with E-state index in [0.29, 0.717) is 38.1 Å². The Bertz CT molecular complexity index is 2800. The zero-order chi connectivity index (χ0) is 44.6. The lowest BCUT2D eigenvalue weighted by Crippen LogP contribution is -2.51. The summed E-state index contributed by atoms with van der Waals surface area (Å²) < 4.78 is 15.3. The number of aliphatic imine (C=N–C) groups is 1. The van der Waals surface area contributed by atoms with Crippen LogP contribution >= 0.6 is 0 Å². The first-order chi connectivity index (χ1) is 31.0. The summed E-state index contributed by atoms with van der Waals surface area (Å²) in [5, 5.41) is 9.77. The molecule has 3 aliphatic heterocycles. The summed E-state index contributed by atoms with van der Waals surface area (Å²) >= 11 is 0. The van der Waals surface area contributed by atoms with Crippen molar-refractivity contribution in [2.24, 2.45) is 16.8 Å². The second kappa shape index (κ2) is 17.8. The molecule has 4 amide bonds. The van der Waals surface area contributed by atoms with E-state index in [9.17, 15) is 19.2 Å². The van der Waals surface area contributed by atoms with Gasteiger partial charge in [-0.3, -0.25) is 14.6 Å². The first-order valence-corrected chi connectivity index (χ1v) is 21.9. The third-order valence-corrected chi connectivity index (χ3v) is 13.1.